The standard InChI is InChI=1S/C7H13N5/c1-12-7(9-10-11-12)4-6(8)5-2-3-5/h5-6H,2-4,8H2,1H3. The maximum Gasteiger partial charge on any atom is 0.152 e. The van der Waals surface area contributed by atoms with Crippen LogP contribution in [-0.2, 0) is 13.5 Å². The van der Waals surface area contributed by atoms with Gasteiger partial charge in [-0.1, -0.05) is 0 Å². The Balaban J connectivity index is 1.97. The quantitative estimate of drug-likeness (QED) is 0.658. The lowest BCUT2D eigenvalue weighted by atomic mass is 10.1. The van der Waals surface area contributed by atoms with Crippen molar-refractivity contribution in [2.45, 2.75) is 25.3 Å². The van der Waals surface area contributed by atoms with E-state index in [9.17, 15) is 0 Å². The van der Waals surface area contributed by atoms with Crippen LogP contribution in [0.3, 0.4) is 0 Å². The first-order valence-electron chi connectivity index (χ1n) is 4.24. The van der Waals surface area contributed by atoms with Gasteiger partial charge in [0.15, 0.2) is 5.82 Å². The number of nitrogens with two attached hydrogens (primary N) is 1. The van der Waals surface area contributed by atoms with Crippen LogP contribution in [-0.4, -0.2) is 26.2 Å². The molecule has 1 heterocycles. The Kier molecular flexibility index (Phi) is 1.80. The van der Waals surface area contributed by atoms with Crippen LogP contribution in [0, 0.1) is 5.92 Å². The molecule has 1 aromatic rings. The second kappa shape index (κ2) is 2.82. The van der Waals surface area contributed by atoms with Gasteiger partial charge in [0.05, 0.1) is 0 Å². The summed E-state index contributed by atoms with van der Waals surface area (Å²) in [4.78, 5) is 0. The maximum absolute atomic E-state index is 5.93. The number of aryl methyl sites for hydroxylation is 1. The summed E-state index contributed by atoms with van der Waals surface area (Å²) >= 11 is 0. The number of rotatable bonds is 3. The smallest absolute Gasteiger partial charge is 0.152 e. The Bertz CT molecular complexity index is 265. The zero-order valence-corrected chi connectivity index (χ0v) is 7.14. The molecule has 5 nitrogen and oxygen atoms in total. The van der Waals surface area contributed by atoms with Crippen molar-refractivity contribution in [2.24, 2.45) is 18.7 Å². The van der Waals surface area contributed by atoms with E-state index in [4.69, 9.17) is 5.73 Å². The molecule has 5 heteroatoms. The zero-order valence-electron chi connectivity index (χ0n) is 7.14. The van der Waals surface area contributed by atoms with E-state index in [1.54, 1.807) is 4.68 Å². The zero-order chi connectivity index (χ0) is 8.55. The third-order valence-corrected chi connectivity index (χ3v) is 2.35. The van der Waals surface area contributed by atoms with E-state index in [-0.39, 0.29) is 6.04 Å². The Hall–Kier alpha value is -0.970. The minimum atomic E-state index is 0.245. The van der Waals surface area contributed by atoms with Gasteiger partial charge in [0, 0.05) is 19.5 Å². The summed E-state index contributed by atoms with van der Waals surface area (Å²) in [5, 5.41) is 11.2. The van der Waals surface area contributed by atoms with E-state index in [2.05, 4.69) is 15.5 Å². The summed E-state index contributed by atoms with van der Waals surface area (Å²) in [6, 6.07) is 0.245. The first kappa shape index (κ1) is 7.67. The van der Waals surface area contributed by atoms with Gasteiger partial charge in [-0.2, -0.15) is 0 Å². The molecule has 12 heavy (non-hydrogen) atoms. The number of aromatic nitrogens is 4. The largest absolute Gasteiger partial charge is 0.327 e. The van der Waals surface area contributed by atoms with Crippen molar-refractivity contribution in [2.75, 3.05) is 0 Å². The molecule has 1 aliphatic rings. The highest BCUT2D eigenvalue weighted by atomic mass is 15.5. The van der Waals surface area contributed by atoms with Crippen LogP contribution in [0.1, 0.15) is 18.7 Å². The van der Waals surface area contributed by atoms with E-state index >= 15 is 0 Å². The first-order chi connectivity index (χ1) is 5.77. The summed E-state index contributed by atoms with van der Waals surface area (Å²) in [5.74, 6) is 1.59. The summed E-state index contributed by atoms with van der Waals surface area (Å²) in [5.41, 5.74) is 5.93. The van der Waals surface area contributed by atoms with Gasteiger partial charge >= 0.3 is 0 Å². The van der Waals surface area contributed by atoms with Crippen molar-refractivity contribution < 1.29 is 0 Å². The Morgan fingerprint density at radius 1 is 1.67 bits per heavy atom. The third-order valence-electron chi connectivity index (χ3n) is 2.35. The van der Waals surface area contributed by atoms with Crippen molar-refractivity contribution in [1.82, 2.24) is 20.2 Å². The average Bonchev–Trinajstić information content (AvgIpc) is 2.80. The van der Waals surface area contributed by atoms with Gasteiger partial charge in [0.2, 0.25) is 0 Å². The predicted octanol–water partition coefficient (Wildman–Crippen LogP) is -0.510. The molecule has 0 aromatic carbocycles. The minimum absolute atomic E-state index is 0.245. The van der Waals surface area contributed by atoms with Crippen molar-refractivity contribution in [1.29, 1.82) is 0 Å². The van der Waals surface area contributed by atoms with Crippen molar-refractivity contribution in [3.63, 3.8) is 0 Å². The minimum Gasteiger partial charge on any atom is -0.327 e. The fourth-order valence-electron chi connectivity index (χ4n) is 1.32. The third kappa shape index (κ3) is 1.45. The topological polar surface area (TPSA) is 69.6 Å². The predicted molar refractivity (Wildman–Crippen MR) is 43.2 cm³/mol. The molecule has 2 N–H and O–H groups in total. The SMILES string of the molecule is Cn1nnnc1CC(N)C1CC1. The molecule has 1 fully saturated rings. The fourth-order valence-corrected chi connectivity index (χ4v) is 1.32. The van der Waals surface area contributed by atoms with Crippen LogP contribution in [0.2, 0.25) is 0 Å². The van der Waals surface area contributed by atoms with E-state index in [1.165, 1.54) is 12.8 Å². The van der Waals surface area contributed by atoms with E-state index in [0.717, 1.165) is 12.2 Å². The van der Waals surface area contributed by atoms with Gasteiger partial charge in [0.1, 0.15) is 0 Å². The molecular weight excluding hydrogens is 154 g/mol. The van der Waals surface area contributed by atoms with Crippen LogP contribution in [0.4, 0.5) is 0 Å². The van der Waals surface area contributed by atoms with Crippen LogP contribution in [0.25, 0.3) is 0 Å². The molecule has 1 aliphatic carbocycles. The van der Waals surface area contributed by atoms with Crippen molar-refractivity contribution in [3.8, 4) is 0 Å². The van der Waals surface area contributed by atoms with Crippen molar-refractivity contribution in [3.05, 3.63) is 5.82 Å². The normalized spacial score (nSPS) is 19.5. The molecule has 1 unspecified atom stereocenters. The van der Waals surface area contributed by atoms with Crippen LogP contribution < -0.4 is 5.73 Å². The van der Waals surface area contributed by atoms with Gasteiger partial charge in [-0.3, -0.25) is 0 Å². The molecule has 0 radical (unpaired) electrons. The number of nitrogens with zero attached hydrogens (tertiary/aromatic N) is 4. The molecule has 66 valence electrons. The lowest BCUT2D eigenvalue weighted by molar-refractivity contribution is 0.554. The van der Waals surface area contributed by atoms with Gasteiger partial charge in [0.25, 0.3) is 0 Å². The molecule has 0 aliphatic heterocycles. The first-order valence-corrected chi connectivity index (χ1v) is 4.24. The molecular formula is C7H13N5. The van der Waals surface area contributed by atoms with E-state index < -0.39 is 0 Å². The van der Waals surface area contributed by atoms with Gasteiger partial charge in [-0.15, -0.1) is 5.10 Å². The molecule has 1 atom stereocenters. The second-order valence-electron chi connectivity index (χ2n) is 3.42. The van der Waals surface area contributed by atoms with E-state index in [1.807, 2.05) is 7.05 Å². The Labute approximate surface area is 70.9 Å². The van der Waals surface area contributed by atoms with Crippen molar-refractivity contribution >= 4 is 0 Å². The summed E-state index contributed by atoms with van der Waals surface area (Å²) in [7, 11) is 1.84. The fraction of sp³-hybridized carbons (Fsp3) is 0.857. The monoisotopic (exact) mass is 167 g/mol. The molecule has 0 amide bonds. The molecule has 0 spiro atoms. The lowest BCUT2D eigenvalue weighted by Gasteiger charge is -2.07. The van der Waals surface area contributed by atoms with Crippen LogP contribution in [0.15, 0.2) is 0 Å². The maximum atomic E-state index is 5.93. The average molecular weight is 167 g/mol. The summed E-state index contributed by atoms with van der Waals surface area (Å²) < 4.78 is 1.68. The molecule has 0 bridgehead atoms. The van der Waals surface area contributed by atoms with Crippen LogP contribution >= 0.6 is 0 Å². The lowest BCUT2D eigenvalue weighted by Crippen LogP contribution is -2.26. The molecule has 0 saturated heterocycles. The van der Waals surface area contributed by atoms with Gasteiger partial charge < -0.3 is 5.73 Å². The molecule has 1 aromatic heterocycles. The van der Waals surface area contributed by atoms with Gasteiger partial charge in [-0.25, -0.2) is 4.68 Å². The highest BCUT2D eigenvalue weighted by Crippen LogP contribution is 2.32. The summed E-state index contributed by atoms with van der Waals surface area (Å²) in [6.45, 7) is 0. The highest BCUT2D eigenvalue weighted by Gasteiger charge is 2.29. The Morgan fingerprint density at radius 2 is 2.42 bits per heavy atom. The van der Waals surface area contributed by atoms with E-state index in [0.29, 0.717) is 5.92 Å². The summed E-state index contributed by atoms with van der Waals surface area (Å²) in [6.07, 6.45) is 3.34. The van der Waals surface area contributed by atoms with Gasteiger partial charge in [-0.05, 0) is 29.2 Å². The number of hydrogen-bond acceptors (Lipinski definition) is 4. The highest BCUT2D eigenvalue weighted by molar-refractivity contribution is 4.92. The van der Waals surface area contributed by atoms with Crippen LogP contribution in [0.5, 0.6) is 0 Å². The Morgan fingerprint density at radius 3 is 2.92 bits per heavy atom. The molecule has 1 saturated carbocycles. The number of tetrazole rings is 1. The number of hydrogen-bond donors (Lipinski definition) is 1. The second-order valence-corrected chi connectivity index (χ2v) is 3.42. The molecule has 2 rings (SSSR count).